The van der Waals surface area contributed by atoms with Crippen molar-refractivity contribution >= 4 is 16.3 Å². The minimum atomic E-state index is -0.169. The molecule has 1 rings (SSSR count). The number of rotatable bonds is 1. The van der Waals surface area contributed by atoms with Gasteiger partial charge in [-0.2, -0.15) is 0 Å². The fraction of sp³-hybridized carbons (Fsp3) is 0.200. The fourth-order valence-electron chi connectivity index (χ4n) is 0.472. The van der Waals surface area contributed by atoms with Gasteiger partial charge in [0.25, 0.3) is 0 Å². The van der Waals surface area contributed by atoms with Gasteiger partial charge in [-0.05, 0) is 11.4 Å². The van der Waals surface area contributed by atoms with Crippen molar-refractivity contribution in [1.29, 1.82) is 0 Å². The zero-order valence-electron chi connectivity index (χ0n) is 4.44. The van der Waals surface area contributed by atoms with Crippen molar-refractivity contribution in [2.75, 3.05) is 12.4 Å². The molecular weight excluding hydrogens is 125 g/mol. The van der Waals surface area contributed by atoms with Crippen molar-refractivity contribution in [3.05, 3.63) is 17.3 Å². The van der Waals surface area contributed by atoms with Crippen molar-refractivity contribution in [3.63, 3.8) is 0 Å². The van der Waals surface area contributed by atoms with Crippen LogP contribution in [0.2, 0.25) is 0 Å². The van der Waals surface area contributed by atoms with Crippen LogP contribution in [0.25, 0.3) is 0 Å². The molecule has 0 fully saturated rings. The molecule has 44 valence electrons. The van der Waals surface area contributed by atoms with Crippen LogP contribution in [0.4, 0.5) is 9.39 Å². The van der Waals surface area contributed by atoms with Gasteiger partial charge in [0.05, 0.1) is 0 Å². The zero-order chi connectivity index (χ0) is 5.98. The van der Waals surface area contributed by atoms with E-state index in [-0.39, 0.29) is 5.82 Å². The van der Waals surface area contributed by atoms with Gasteiger partial charge >= 0.3 is 0 Å². The summed E-state index contributed by atoms with van der Waals surface area (Å²) in [6, 6.07) is 1.44. The molecule has 0 aliphatic carbocycles. The Kier molecular flexibility index (Phi) is 1.48. The van der Waals surface area contributed by atoms with Gasteiger partial charge < -0.3 is 5.32 Å². The first-order valence-corrected chi connectivity index (χ1v) is 3.13. The van der Waals surface area contributed by atoms with Gasteiger partial charge in [0, 0.05) is 7.05 Å². The molecule has 1 aromatic rings. The van der Waals surface area contributed by atoms with Crippen LogP contribution < -0.4 is 5.32 Å². The van der Waals surface area contributed by atoms with Crippen molar-refractivity contribution in [2.24, 2.45) is 0 Å². The van der Waals surface area contributed by atoms with Crippen LogP contribution in [0.3, 0.4) is 0 Å². The predicted octanol–water partition coefficient (Wildman–Crippen LogP) is 1.93. The minimum Gasteiger partial charge on any atom is -0.378 e. The predicted molar refractivity (Wildman–Crippen MR) is 33.8 cm³/mol. The Balaban J connectivity index is 2.92. The molecule has 0 radical (unpaired) electrons. The molecule has 0 saturated carbocycles. The van der Waals surface area contributed by atoms with E-state index < -0.39 is 0 Å². The highest BCUT2D eigenvalue weighted by Crippen LogP contribution is 2.19. The molecular formula is C5H6FNS. The van der Waals surface area contributed by atoms with Gasteiger partial charge in [-0.25, -0.2) is 4.39 Å². The monoisotopic (exact) mass is 131 g/mol. The Labute approximate surface area is 51.2 Å². The lowest BCUT2D eigenvalue weighted by molar-refractivity contribution is 0.636. The van der Waals surface area contributed by atoms with E-state index in [2.05, 4.69) is 5.32 Å². The Hall–Kier alpha value is -0.570. The van der Waals surface area contributed by atoms with Crippen molar-refractivity contribution in [2.45, 2.75) is 0 Å². The summed E-state index contributed by atoms with van der Waals surface area (Å²) in [5, 5.41) is 5.03. The van der Waals surface area contributed by atoms with Crippen molar-refractivity contribution < 1.29 is 4.39 Å². The first-order chi connectivity index (χ1) is 3.84. The average molecular weight is 131 g/mol. The lowest BCUT2D eigenvalue weighted by atomic mass is 10.6. The standard InChI is InChI=1S/C5H6FNS/c1-7-5-4(6)2-3-8-5/h2-3,7H,1H3. The molecule has 8 heavy (non-hydrogen) atoms. The Morgan fingerprint density at radius 3 is 2.75 bits per heavy atom. The molecule has 0 bridgehead atoms. The van der Waals surface area contributed by atoms with Gasteiger partial charge in [-0.3, -0.25) is 0 Å². The number of thiophene rings is 1. The van der Waals surface area contributed by atoms with Crippen molar-refractivity contribution in [3.8, 4) is 0 Å². The summed E-state index contributed by atoms with van der Waals surface area (Å²) in [6.45, 7) is 0. The maximum Gasteiger partial charge on any atom is 0.157 e. The summed E-state index contributed by atoms with van der Waals surface area (Å²) in [5.74, 6) is -0.169. The molecule has 0 atom stereocenters. The Bertz CT molecular complexity index is 173. The van der Waals surface area contributed by atoms with Gasteiger partial charge in [-0.15, -0.1) is 11.3 Å². The summed E-state index contributed by atoms with van der Waals surface area (Å²) < 4.78 is 12.3. The lowest BCUT2D eigenvalue weighted by Gasteiger charge is -1.89. The van der Waals surface area contributed by atoms with Crippen LogP contribution in [0.5, 0.6) is 0 Å². The second-order valence-electron chi connectivity index (χ2n) is 1.35. The van der Waals surface area contributed by atoms with E-state index >= 15 is 0 Å². The highest BCUT2D eigenvalue weighted by molar-refractivity contribution is 7.14. The van der Waals surface area contributed by atoms with Crippen LogP contribution in [0.1, 0.15) is 0 Å². The summed E-state index contributed by atoms with van der Waals surface area (Å²) in [6.07, 6.45) is 0. The smallest absolute Gasteiger partial charge is 0.157 e. The number of halogens is 1. The van der Waals surface area contributed by atoms with Crippen LogP contribution in [0, 0.1) is 5.82 Å². The second kappa shape index (κ2) is 2.13. The third kappa shape index (κ3) is 0.816. The molecule has 1 nitrogen and oxygen atoms in total. The highest BCUT2D eigenvalue weighted by Gasteiger charge is 1.96. The van der Waals surface area contributed by atoms with Crippen LogP contribution in [-0.4, -0.2) is 7.05 Å². The summed E-state index contributed by atoms with van der Waals surface area (Å²) in [5.41, 5.74) is 0. The lowest BCUT2D eigenvalue weighted by Crippen LogP contribution is -1.84. The second-order valence-corrected chi connectivity index (χ2v) is 2.26. The summed E-state index contributed by atoms with van der Waals surface area (Å²) in [7, 11) is 1.70. The largest absolute Gasteiger partial charge is 0.378 e. The summed E-state index contributed by atoms with van der Waals surface area (Å²) in [4.78, 5) is 0. The summed E-state index contributed by atoms with van der Waals surface area (Å²) >= 11 is 1.36. The van der Waals surface area contributed by atoms with E-state index in [9.17, 15) is 4.39 Å². The topological polar surface area (TPSA) is 12.0 Å². The van der Waals surface area contributed by atoms with E-state index in [1.54, 1.807) is 12.4 Å². The molecule has 3 heteroatoms. The quantitative estimate of drug-likeness (QED) is 0.614. The van der Waals surface area contributed by atoms with Gasteiger partial charge in [0.15, 0.2) is 5.82 Å². The number of hydrogen-bond acceptors (Lipinski definition) is 2. The molecule has 0 unspecified atom stereocenters. The average Bonchev–Trinajstić information content (AvgIpc) is 2.14. The van der Waals surface area contributed by atoms with Crippen LogP contribution in [0.15, 0.2) is 11.4 Å². The highest BCUT2D eigenvalue weighted by atomic mass is 32.1. The van der Waals surface area contributed by atoms with E-state index in [1.807, 2.05) is 0 Å². The van der Waals surface area contributed by atoms with Crippen LogP contribution in [-0.2, 0) is 0 Å². The van der Waals surface area contributed by atoms with Crippen molar-refractivity contribution in [1.82, 2.24) is 0 Å². The first kappa shape index (κ1) is 5.56. The van der Waals surface area contributed by atoms with E-state index in [0.29, 0.717) is 5.00 Å². The van der Waals surface area contributed by atoms with Gasteiger partial charge in [0.1, 0.15) is 5.00 Å². The number of hydrogen-bond donors (Lipinski definition) is 1. The molecule has 0 saturated heterocycles. The molecule has 0 aromatic carbocycles. The third-order valence-electron chi connectivity index (χ3n) is 0.844. The zero-order valence-corrected chi connectivity index (χ0v) is 5.26. The molecule has 0 aliphatic heterocycles. The van der Waals surface area contributed by atoms with E-state index in [4.69, 9.17) is 0 Å². The molecule has 1 heterocycles. The first-order valence-electron chi connectivity index (χ1n) is 2.25. The van der Waals surface area contributed by atoms with E-state index in [0.717, 1.165) is 0 Å². The maximum absolute atomic E-state index is 12.3. The number of anilines is 1. The molecule has 1 aromatic heterocycles. The molecule has 0 spiro atoms. The van der Waals surface area contributed by atoms with Crippen LogP contribution >= 0.6 is 11.3 Å². The maximum atomic E-state index is 12.3. The Morgan fingerprint density at radius 2 is 2.50 bits per heavy atom. The Morgan fingerprint density at radius 1 is 1.75 bits per heavy atom. The van der Waals surface area contributed by atoms with Gasteiger partial charge in [-0.1, -0.05) is 0 Å². The van der Waals surface area contributed by atoms with Gasteiger partial charge in [0.2, 0.25) is 0 Å². The molecule has 0 amide bonds. The third-order valence-corrected chi connectivity index (χ3v) is 1.75. The fourth-order valence-corrected chi connectivity index (χ4v) is 1.09. The SMILES string of the molecule is CNc1sccc1F. The molecule has 0 aliphatic rings. The molecule has 1 N–H and O–H groups in total. The minimum absolute atomic E-state index is 0.169. The normalized spacial score (nSPS) is 9.25. The number of nitrogens with one attached hydrogen (secondary N) is 1. The van der Waals surface area contributed by atoms with E-state index in [1.165, 1.54) is 17.4 Å².